The number of benzene rings is 3. The van der Waals surface area contributed by atoms with E-state index in [2.05, 4.69) is 5.32 Å². The monoisotopic (exact) mass is 587 g/mol. The van der Waals surface area contributed by atoms with Gasteiger partial charge in [0.2, 0.25) is 17.7 Å². The van der Waals surface area contributed by atoms with Crippen LogP contribution in [0, 0.1) is 0 Å². The van der Waals surface area contributed by atoms with Crippen LogP contribution < -0.4 is 25.4 Å². The van der Waals surface area contributed by atoms with Gasteiger partial charge >= 0.3 is 0 Å². The van der Waals surface area contributed by atoms with Crippen molar-refractivity contribution in [3.63, 3.8) is 0 Å². The smallest absolute Gasteiger partial charge is 0.248 e. The number of nitrogens with zero attached hydrogens (tertiary/aromatic N) is 1. The van der Waals surface area contributed by atoms with E-state index < -0.39 is 16.5 Å². The summed E-state index contributed by atoms with van der Waals surface area (Å²) in [6.07, 6.45) is 0.565. The number of hydrogen-bond acceptors (Lipinski definition) is 6. The Bertz CT molecular complexity index is 1400. The highest BCUT2D eigenvalue weighted by Crippen LogP contribution is 2.47. The first-order chi connectivity index (χ1) is 18.7. The normalized spacial score (nSPS) is 16.7. The van der Waals surface area contributed by atoms with Crippen molar-refractivity contribution in [1.82, 2.24) is 5.32 Å². The maximum Gasteiger partial charge on any atom is 0.248 e. The van der Waals surface area contributed by atoms with E-state index >= 15 is 0 Å². The van der Waals surface area contributed by atoms with E-state index in [1.807, 2.05) is 18.2 Å². The Labute approximate surface area is 240 Å². The zero-order chi connectivity index (χ0) is 28.1. The largest absolute Gasteiger partial charge is 0.493 e. The van der Waals surface area contributed by atoms with Crippen LogP contribution >= 0.6 is 35.0 Å². The summed E-state index contributed by atoms with van der Waals surface area (Å²) in [4.78, 5) is 39.8. The minimum atomic E-state index is -0.650. The van der Waals surface area contributed by atoms with E-state index in [0.29, 0.717) is 40.2 Å². The minimum Gasteiger partial charge on any atom is -0.493 e. The molecule has 0 bridgehead atoms. The molecule has 1 aliphatic rings. The maximum atomic E-state index is 13.6. The summed E-state index contributed by atoms with van der Waals surface area (Å²) < 4.78 is 10.6. The van der Waals surface area contributed by atoms with Crippen molar-refractivity contribution < 1.29 is 23.9 Å². The van der Waals surface area contributed by atoms with Crippen molar-refractivity contribution >= 4 is 58.4 Å². The molecule has 3 N–H and O–H groups in total. The molecule has 8 nitrogen and oxygen atoms in total. The van der Waals surface area contributed by atoms with Crippen LogP contribution in [0.3, 0.4) is 0 Å². The third kappa shape index (κ3) is 6.61. The molecule has 1 aliphatic heterocycles. The molecule has 1 fully saturated rings. The second-order valence-electron chi connectivity index (χ2n) is 8.77. The molecular formula is C28H27Cl2N3O5S. The second kappa shape index (κ2) is 12.6. The Balaban J connectivity index is 1.48. The molecule has 1 heterocycles. The van der Waals surface area contributed by atoms with Gasteiger partial charge in [-0.15, -0.1) is 11.8 Å². The number of rotatable bonds is 10. The van der Waals surface area contributed by atoms with Gasteiger partial charge in [-0.3, -0.25) is 19.3 Å². The summed E-state index contributed by atoms with van der Waals surface area (Å²) in [6.45, 7) is 0.389. The number of nitrogens with one attached hydrogen (secondary N) is 1. The lowest BCUT2D eigenvalue weighted by Crippen LogP contribution is -2.34. The van der Waals surface area contributed by atoms with E-state index in [-0.39, 0.29) is 23.8 Å². The first-order valence-corrected chi connectivity index (χ1v) is 13.7. The molecule has 2 atom stereocenters. The molecule has 39 heavy (non-hydrogen) atoms. The van der Waals surface area contributed by atoms with E-state index in [1.165, 1.54) is 11.8 Å². The van der Waals surface area contributed by atoms with Gasteiger partial charge in [0, 0.05) is 24.2 Å². The van der Waals surface area contributed by atoms with Crippen LogP contribution in [0.1, 0.15) is 33.3 Å². The maximum absolute atomic E-state index is 13.6. The van der Waals surface area contributed by atoms with Crippen LogP contribution in [0.5, 0.6) is 11.5 Å². The number of anilines is 1. The van der Waals surface area contributed by atoms with Crippen LogP contribution in [0.25, 0.3) is 0 Å². The van der Waals surface area contributed by atoms with Crippen LogP contribution in [0.4, 0.5) is 5.69 Å². The van der Waals surface area contributed by atoms with Crippen LogP contribution in [0.15, 0.2) is 60.7 Å². The summed E-state index contributed by atoms with van der Waals surface area (Å²) in [5.74, 6) is 0.134. The molecule has 1 saturated heterocycles. The standard InChI is InChI=1S/C28H27Cl2N3O5S/c1-37-22-9-6-16(12-23(22)38-2)10-11-32-25(34)15-24-27(36)33(19-5-3-4-17(13-19)26(31)35)28(39-24)18-7-8-20(29)21(30)14-18/h3-9,12-14,24,28H,10-11,15H2,1-2H3,(H2,31,35)(H,32,34)/t24-,28+/m1/s1. The third-order valence-corrected chi connectivity index (χ3v) is 8.41. The van der Waals surface area contributed by atoms with Gasteiger partial charge in [-0.2, -0.15) is 0 Å². The average Bonchev–Trinajstić information content (AvgIpc) is 3.25. The number of amides is 3. The van der Waals surface area contributed by atoms with Gasteiger partial charge < -0.3 is 20.5 Å². The molecule has 0 spiro atoms. The highest BCUT2D eigenvalue weighted by atomic mass is 35.5. The lowest BCUT2D eigenvalue weighted by molar-refractivity contribution is -0.124. The highest BCUT2D eigenvalue weighted by Gasteiger charge is 2.43. The van der Waals surface area contributed by atoms with E-state index in [9.17, 15) is 14.4 Å². The molecule has 3 aromatic rings. The number of ether oxygens (including phenoxy) is 2. The molecule has 204 valence electrons. The summed E-state index contributed by atoms with van der Waals surface area (Å²) >= 11 is 13.7. The average molecular weight is 589 g/mol. The summed E-state index contributed by atoms with van der Waals surface area (Å²) in [6, 6.07) is 17.3. The number of thioether (sulfide) groups is 1. The topological polar surface area (TPSA) is 111 Å². The molecule has 3 aromatic carbocycles. The van der Waals surface area contributed by atoms with E-state index in [1.54, 1.807) is 61.6 Å². The predicted molar refractivity (Wildman–Crippen MR) is 154 cm³/mol. The van der Waals surface area contributed by atoms with Crippen molar-refractivity contribution in [2.75, 3.05) is 25.7 Å². The summed E-state index contributed by atoms with van der Waals surface area (Å²) in [5, 5.41) is 2.51. The van der Waals surface area contributed by atoms with Gasteiger partial charge in [-0.25, -0.2) is 0 Å². The Kier molecular flexibility index (Phi) is 9.27. The molecule has 0 aliphatic carbocycles. The van der Waals surface area contributed by atoms with Crippen molar-refractivity contribution in [3.05, 3.63) is 87.4 Å². The van der Waals surface area contributed by atoms with E-state index in [4.69, 9.17) is 38.4 Å². The molecular weight excluding hydrogens is 561 g/mol. The predicted octanol–water partition coefficient (Wildman–Crippen LogP) is 5.01. The van der Waals surface area contributed by atoms with Crippen LogP contribution in [-0.4, -0.2) is 43.7 Å². The number of hydrogen-bond donors (Lipinski definition) is 2. The van der Waals surface area contributed by atoms with Gasteiger partial charge in [0.25, 0.3) is 0 Å². The number of carbonyl (C=O) groups excluding carboxylic acids is 3. The van der Waals surface area contributed by atoms with Crippen molar-refractivity contribution in [3.8, 4) is 11.5 Å². The van der Waals surface area contributed by atoms with Crippen molar-refractivity contribution in [2.45, 2.75) is 23.5 Å². The van der Waals surface area contributed by atoms with Gasteiger partial charge in [-0.1, -0.05) is 41.4 Å². The van der Waals surface area contributed by atoms with Crippen molar-refractivity contribution in [2.24, 2.45) is 5.73 Å². The minimum absolute atomic E-state index is 0.0146. The van der Waals surface area contributed by atoms with E-state index in [0.717, 1.165) is 11.1 Å². The molecule has 4 rings (SSSR count). The summed E-state index contributed by atoms with van der Waals surface area (Å²) in [7, 11) is 3.14. The molecule has 0 unspecified atom stereocenters. The second-order valence-corrected chi connectivity index (χ2v) is 10.9. The SMILES string of the molecule is COc1ccc(CCNC(=O)C[C@H]2S[C@@H](c3ccc(Cl)c(Cl)c3)N(c3cccc(C(N)=O)c3)C2=O)cc1OC. The molecule has 0 aromatic heterocycles. The van der Waals surface area contributed by atoms with Gasteiger partial charge in [-0.05, 0) is 60.0 Å². The number of halogens is 2. The number of nitrogens with two attached hydrogens (primary N) is 1. The van der Waals surface area contributed by atoms with Gasteiger partial charge in [0.05, 0.1) is 29.5 Å². The number of methoxy groups -OCH3 is 2. The molecule has 0 saturated carbocycles. The first kappa shape index (κ1) is 28.6. The number of primary amides is 1. The fourth-order valence-electron chi connectivity index (χ4n) is 4.27. The Morgan fingerprint density at radius 1 is 1.00 bits per heavy atom. The lowest BCUT2D eigenvalue weighted by Gasteiger charge is -2.25. The summed E-state index contributed by atoms with van der Waals surface area (Å²) in [5.41, 5.74) is 7.95. The lowest BCUT2D eigenvalue weighted by atomic mass is 10.1. The Morgan fingerprint density at radius 2 is 1.77 bits per heavy atom. The fraction of sp³-hybridized carbons (Fsp3) is 0.250. The van der Waals surface area contributed by atoms with Crippen molar-refractivity contribution in [1.29, 1.82) is 0 Å². The molecule has 0 radical (unpaired) electrons. The zero-order valence-electron chi connectivity index (χ0n) is 21.3. The first-order valence-electron chi connectivity index (χ1n) is 12.0. The fourth-order valence-corrected chi connectivity index (χ4v) is 6.02. The molecule has 11 heteroatoms. The van der Waals surface area contributed by atoms with Gasteiger partial charge in [0.1, 0.15) is 5.37 Å². The Hall–Kier alpha value is -3.40. The quantitative estimate of drug-likeness (QED) is 0.345. The highest BCUT2D eigenvalue weighted by molar-refractivity contribution is 8.01. The van der Waals surface area contributed by atoms with Crippen LogP contribution in [0.2, 0.25) is 10.0 Å². The Morgan fingerprint density at radius 3 is 2.46 bits per heavy atom. The third-order valence-electron chi connectivity index (χ3n) is 6.23. The number of carbonyl (C=O) groups is 3. The zero-order valence-corrected chi connectivity index (χ0v) is 23.6. The molecule has 3 amide bonds. The van der Waals surface area contributed by atoms with Gasteiger partial charge in [0.15, 0.2) is 11.5 Å². The van der Waals surface area contributed by atoms with Crippen LogP contribution in [-0.2, 0) is 16.0 Å².